The second-order valence-electron chi connectivity index (χ2n) is 2.60. The number of nitrogens with one attached hydrogen (secondary N) is 2. The summed E-state index contributed by atoms with van der Waals surface area (Å²) in [6.45, 7) is 0. The van der Waals surface area contributed by atoms with Crippen LogP contribution in [-0.4, -0.2) is 11.9 Å². The van der Waals surface area contributed by atoms with E-state index in [2.05, 4.69) is 9.98 Å². The van der Waals surface area contributed by atoms with Crippen molar-refractivity contribution in [1.29, 1.82) is 0 Å². The third kappa shape index (κ3) is 2.74. The number of rotatable bonds is 1. The first-order valence-corrected chi connectivity index (χ1v) is 3.88. The van der Waals surface area contributed by atoms with Crippen LogP contribution < -0.4 is 27.2 Å². The molecule has 1 rings (SSSR count). The lowest BCUT2D eigenvalue weighted by atomic mass is 10.3. The topological polar surface area (TPSA) is 106 Å². The summed E-state index contributed by atoms with van der Waals surface area (Å²) >= 11 is 0. The van der Waals surface area contributed by atoms with E-state index in [1.54, 1.807) is 12.1 Å². The van der Waals surface area contributed by atoms with Gasteiger partial charge in [0.2, 0.25) is 0 Å². The number of nitrogens with two attached hydrogens (primary N) is 3. The molecule has 0 saturated heterocycles. The molecule has 0 unspecified atom stereocenters. The molecule has 74 valence electrons. The van der Waals surface area contributed by atoms with Crippen LogP contribution in [0.25, 0.3) is 0 Å². The number of benzene rings is 1. The molecule has 1 aromatic rings. The number of para-hydroxylation sites is 1. The summed E-state index contributed by atoms with van der Waals surface area (Å²) in [6.07, 6.45) is 0. The second kappa shape index (κ2) is 4.22. The lowest BCUT2D eigenvalue weighted by Crippen LogP contribution is -2.96. The predicted molar refractivity (Wildman–Crippen MR) is 50.6 cm³/mol. The molecule has 0 fully saturated rings. The van der Waals surface area contributed by atoms with Gasteiger partial charge in [-0.25, -0.2) is 9.38 Å². The maximum Gasteiger partial charge on any atom is 0.390 e. The summed E-state index contributed by atoms with van der Waals surface area (Å²) in [7, 11) is 0. The van der Waals surface area contributed by atoms with Crippen molar-refractivity contribution >= 4 is 17.6 Å². The molecule has 0 bridgehead atoms. The Hall–Kier alpha value is -2.11. The Balaban J connectivity index is 2.98. The van der Waals surface area contributed by atoms with Crippen LogP contribution in [0, 0.1) is 5.82 Å². The van der Waals surface area contributed by atoms with Crippen molar-refractivity contribution in [2.24, 2.45) is 17.2 Å². The van der Waals surface area contributed by atoms with E-state index in [4.69, 9.17) is 17.2 Å². The van der Waals surface area contributed by atoms with Crippen LogP contribution in [0.2, 0.25) is 0 Å². The Bertz CT molecular complexity index is 381. The first-order chi connectivity index (χ1) is 6.59. The van der Waals surface area contributed by atoms with Gasteiger partial charge in [0.05, 0.1) is 0 Å². The molecular weight excluding hydrogens is 185 g/mol. The van der Waals surface area contributed by atoms with Gasteiger partial charge in [0, 0.05) is 0 Å². The zero-order valence-electron chi connectivity index (χ0n) is 7.42. The summed E-state index contributed by atoms with van der Waals surface area (Å²) in [5.41, 5.74) is 15.9. The number of halogens is 1. The van der Waals surface area contributed by atoms with Crippen molar-refractivity contribution < 1.29 is 14.4 Å². The maximum absolute atomic E-state index is 13.1. The van der Waals surface area contributed by atoms with Gasteiger partial charge in [-0.1, -0.05) is 12.1 Å². The molecule has 0 heterocycles. The highest BCUT2D eigenvalue weighted by Crippen LogP contribution is 2.04. The van der Waals surface area contributed by atoms with E-state index in [-0.39, 0.29) is 17.6 Å². The molecule has 0 radical (unpaired) electrons. The van der Waals surface area contributed by atoms with Gasteiger partial charge < -0.3 is 0 Å². The minimum Gasteiger partial charge on any atom is -0.275 e. The summed E-state index contributed by atoms with van der Waals surface area (Å²) in [5.74, 6) is -0.408. The highest BCUT2D eigenvalue weighted by Gasteiger charge is 2.03. The lowest BCUT2D eigenvalue weighted by Gasteiger charge is -1.92. The quantitative estimate of drug-likeness (QED) is 0.235. The molecule has 0 aromatic heterocycles. The van der Waals surface area contributed by atoms with E-state index in [0.717, 1.165) is 0 Å². The van der Waals surface area contributed by atoms with Crippen LogP contribution >= 0.6 is 0 Å². The van der Waals surface area contributed by atoms with E-state index in [9.17, 15) is 4.39 Å². The smallest absolute Gasteiger partial charge is 0.275 e. The van der Waals surface area contributed by atoms with E-state index in [1.165, 1.54) is 12.1 Å². The van der Waals surface area contributed by atoms with Crippen molar-refractivity contribution in [3.63, 3.8) is 0 Å². The Morgan fingerprint density at radius 3 is 2.36 bits per heavy atom. The highest BCUT2D eigenvalue weighted by atomic mass is 19.1. The SMILES string of the molecule is NC(N)=[NH+]C(N)=[NH+]c1ccccc1F. The maximum atomic E-state index is 13.1. The van der Waals surface area contributed by atoms with Crippen LogP contribution in [0.1, 0.15) is 0 Å². The van der Waals surface area contributed by atoms with Gasteiger partial charge in [-0.05, 0) is 12.1 Å². The Labute approximate surface area is 80.1 Å². The molecule has 5 nitrogen and oxygen atoms in total. The van der Waals surface area contributed by atoms with E-state index >= 15 is 0 Å². The van der Waals surface area contributed by atoms with Crippen molar-refractivity contribution in [2.75, 3.05) is 0 Å². The lowest BCUT2D eigenvalue weighted by molar-refractivity contribution is -0.460. The Morgan fingerprint density at radius 2 is 1.79 bits per heavy atom. The van der Waals surface area contributed by atoms with Gasteiger partial charge in [0.1, 0.15) is 5.69 Å². The molecule has 0 aliphatic heterocycles. The minimum absolute atomic E-state index is 0.0636. The van der Waals surface area contributed by atoms with Crippen LogP contribution in [0.4, 0.5) is 10.1 Å². The van der Waals surface area contributed by atoms with Crippen LogP contribution in [0.15, 0.2) is 24.3 Å². The van der Waals surface area contributed by atoms with Gasteiger partial charge in [-0.15, -0.1) is 0 Å². The zero-order chi connectivity index (χ0) is 10.6. The first-order valence-electron chi connectivity index (χ1n) is 3.88. The van der Waals surface area contributed by atoms with Gasteiger partial charge in [0.25, 0.3) is 0 Å². The highest BCUT2D eigenvalue weighted by molar-refractivity contribution is 5.75. The van der Waals surface area contributed by atoms with Gasteiger partial charge in [0.15, 0.2) is 5.82 Å². The van der Waals surface area contributed by atoms with Crippen LogP contribution in [0.3, 0.4) is 0 Å². The molecule has 0 saturated carbocycles. The predicted octanol–water partition coefficient (Wildman–Crippen LogP) is -3.79. The summed E-state index contributed by atoms with van der Waals surface area (Å²) in [5, 5.41) is 0. The Morgan fingerprint density at radius 1 is 1.14 bits per heavy atom. The fraction of sp³-hybridized carbons (Fsp3) is 0. The average molecular weight is 197 g/mol. The molecule has 1 aromatic carbocycles. The van der Waals surface area contributed by atoms with Crippen molar-refractivity contribution in [1.82, 2.24) is 0 Å². The molecule has 0 atom stereocenters. The minimum atomic E-state index is -0.409. The van der Waals surface area contributed by atoms with Crippen molar-refractivity contribution in [2.45, 2.75) is 0 Å². The van der Waals surface area contributed by atoms with Crippen molar-refractivity contribution in [3.8, 4) is 0 Å². The van der Waals surface area contributed by atoms with E-state index < -0.39 is 5.82 Å². The number of guanidine groups is 2. The zero-order valence-corrected chi connectivity index (χ0v) is 7.42. The summed E-state index contributed by atoms with van der Waals surface area (Å²) in [6, 6.07) is 6.10. The molecule has 0 spiro atoms. The van der Waals surface area contributed by atoms with Gasteiger partial charge >= 0.3 is 11.9 Å². The second-order valence-corrected chi connectivity index (χ2v) is 2.60. The first kappa shape index (κ1) is 9.97. The average Bonchev–Trinajstić information content (AvgIpc) is 2.07. The molecule has 8 N–H and O–H groups in total. The van der Waals surface area contributed by atoms with Crippen LogP contribution in [0.5, 0.6) is 0 Å². The number of hydrogen-bond acceptors (Lipinski definition) is 0. The van der Waals surface area contributed by atoms with Crippen molar-refractivity contribution in [3.05, 3.63) is 30.1 Å². The van der Waals surface area contributed by atoms with Crippen LogP contribution in [-0.2, 0) is 0 Å². The third-order valence-corrected chi connectivity index (χ3v) is 1.42. The largest absolute Gasteiger partial charge is 0.390 e. The molecule has 0 aliphatic carbocycles. The van der Waals surface area contributed by atoms with E-state index in [1.807, 2.05) is 0 Å². The number of hydrogen-bond donors (Lipinski definition) is 5. The summed E-state index contributed by atoms with van der Waals surface area (Å²) < 4.78 is 13.1. The monoisotopic (exact) mass is 197 g/mol. The third-order valence-electron chi connectivity index (χ3n) is 1.42. The van der Waals surface area contributed by atoms with Gasteiger partial charge in [-0.2, -0.15) is 4.99 Å². The van der Waals surface area contributed by atoms with Gasteiger partial charge in [-0.3, -0.25) is 17.2 Å². The molecule has 0 aliphatic rings. The molecule has 0 amide bonds. The summed E-state index contributed by atoms with van der Waals surface area (Å²) in [4.78, 5) is 4.98. The molecular formula is C8H12FN5+2. The normalized spacial score (nSPS) is 11.1. The molecule has 6 heteroatoms. The molecule has 14 heavy (non-hydrogen) atoms. The standard InChI is InChI=1S/C8H10FN5/c9-5-3-1-2-4-6(5)13-8(12)14-7(10)11/h1-4H,(H6,10,11,12,13,14)/p+2. The Kier molecular flexibility index (Phi) is 3.01. The van der Waals surface area contributed by atoms with E-state index in [0.29, 0.717) is 0 Å². The fourth-order valence-electron chi connectivity index (χ4n) is 0.894. The fourth-order valence-corrected chi connectivity index (χ4v) is 0.894.